The van der Waals surface area contributed by atoms with Crippen molar-refractivity contribution in [1.82, 2.24) is 14.9 Å². The molecule has 180 valence electrons. The smallest absolute Gasteiger partial charge is 0.225 e. The molecule has 3 aromatic rings. The number of nitrogen functional groups attached to an aromatic ring is 1. The van der Waals surface area contributed by atoms with E-state index in [1.54, 1.807) is 4.90 Å². The molecule has 6 nitrogen and oxygen atoms in total. The van der Waals surface area contributed by atoms with Gasteiger partial charge in [0.1, 0.15) is 11.6 Å². The Morgan fingerprint density at radius 2 is 1.74 bits per heavy atom. The van der Waals surface area contributed by atoms with Gasteiger partial charge in [0, 0.05) is 31.1 Å². The van der Waals surface area contributed by atoms with Gasteiger partial charge < -0.3 is 16.0 Å². The zero-order valence-corrected chi connectivity index (χ0v) is 21.3. The number of carbonyl (C=O) groups excluding carboxylic acids is 1. The molecule has 0 unspecified atom stereocenters. The molecule has 1 heterocycles. The van der Waals surface area contributed by atoms with Crippen LogP contribution in [0.15, 0.2) is 30.3 Å². The number of hydrogen-bond acceptors (Lipinski definition) is 5. The van der Waals surface area contributed by atoms with Crippen molar-refractivity contribution in [2.75, 3.05) is 25.1 Å². The van der Waals surface area contributed by atoms with Crippen molar-refractivity contribution >= 4 is 28.3 Å². The number of aromatic nitrogens is 2. The second kappa shape index (κ2) is 9.61. The minimum absolute atomic E-state index is 0.0520. The van der Waals surface area contributed by atoms with Gasteiger partial charge in [0.25, 0.3) is 0 Å². The van der Waals surface area contributed by atoms with Crippen LogP contribution in [0.25, 0.3) is 10.9 Å². The molecule has 6 heteroatoms. The average molecular weight is 460 g/mol. The maximum Gasteiger partial charge on any atom is 0.225 e. The quantitative estimate of drug-likeness (QED) is 0.480. The molecule has 4 rings (SSSR count). The Bertz CT molecular complexity index is 1190. The predicted molar refractivity (Wildman–Crippen MR) is 140 cm³/mol. The van der Waals surface area contributed by atoms with Gasteiger partial charge in [-0.2, -0.15) is 0 Å². The fourth-order valence-electron chi connectivity index (χ4n) is 5.31. The predicted octanol–water partition coefficient (Wildman–Crippen LogP) is 5.67. The molecule has 1 fully saturated rings. The van der Waals surface area contributed by atoms with E-state index in [9.17, 15) is 4.79 Å². The molecule has 1 saturated carbocycles. The molecule has 1 aromatic heterocycles. The first-order chi connectivity index (χ1) is 16.1. The van der Waals surface area contributed by atoms with Crippen LogP contribution in [0.2, 0.25) is 0 Å². The summed E-state index contributed by atoms with van der Waals surface area (Å²) in [6.07, 6.45) is 3.95. The van der Waals surface area contributed by atoms with E-state index in [1.807, 2.05) is 33.2 Å². The number of benzene rings is 2. The van der Waals surface area contributed by atoms with Crippen molar-refractivity contribution in [3.8, 4) is 0 Å². The van der Waals surface area contributed by atoms with Gasteiger partial charge in [0.05, 0.1) is 11.6 Å². The summed E-state index contributed by atoms with van der Waals surface area (Å²) in [6.45, 7) is 8.27. The lowest BCUT2D eigenvalue weighted by Gasteiger charge is -2.30. The Hall–Kier alpha value is -3.15. The van der Waals surface area contributed by atoms with Crippen LogP contribution in [-0.2, 0) is 4.79 Å². The lowest BCUT2D eigenvalue weighted by Crippen LogP contribution is -2.32. The lowest BCUT2D eigenvalue weighted by atomic mass is 9.77. The van der Waals surface area contributed by atoms with Crippen LogP contribution in [0, 0.1) is 26.7 Å². The Kier molecular flexibility index (Phi) is 6.78. The number of carbonyl (C=O) groups is 1. The molecular weight excluding hydrogens is 422 g/mol. The number of nitrogens with zero attached hydrogens (tertiary/aromatic N) is 3. The van der Waals surface area contributed by atoms with E-state index in [-0.39, 0.29) is 17.9 Å². The summed E-state index contributed by atoms with van der Waals surface area (Å²) in [6, 6.07) is 10.8. The standard InChI is InChI=1S/C28H37N5O/c1-16-11-22(14-24(29)12-16)18(3)30-27-25-15-23(13-17(2)26(25)31-19(4)32-27)20-7-9-21(10-8-20)28(34)33(5)6/h11-15,18,20-21H,7-10,29H2,1-6H3,(H,30,31,32)/t18-,20?,21?/m1/s1. The molecule has 0 spiro atoms. The van der Waals surface area contributed by atoms with Crippen LogP contribution in [0.1, 0.15) is 72.6 Å². The highest BCUT2D eigenvalue weighted by Crippen LogP contribution is 2.39. The second-order valence-corrected chi connectivity index (χ2v) is 10.2. The lowest BCUT2D eigenvalue weighted by molar-refractivity contribution is -0.134. The summed E-state index contributed by atoms with van der Waals surface area (Å²) in [5.41, 5.74) is 12.6. The van der Waals surface area contributed by atoms with Gasteiger partial charge in [-0.3, -0.25) is 4.79 Å². The van der Waals surface area contributed by atoms with Crippen molar-refractivity contribution in [3.05, 3.63) is 58.4 Å². The normalized spacial score (nSPS) is 19.1. The number of rotatable bonds is 5. The average Bonchev–Trinajstić information content (AvgIpc) is 2.78. The third kappa shape index (κ3) is 5.01. The topological polar surface area (TPSA) is 84.1 Å². The van der Waals surface area contributed by atoms with E-state index in [0.29, 0.717) is 5.92 Å². The summed E-state index contributed by atoms with van der Waals surface area (Å²) >= 11 is 0. The van der Waals surface area contributed by atoms with E-state index >= 15 is 0 Å². The maximum atomic E-state index is 12.4. The highest BCUT2D eigenvalue weighted by atomic mass is 16.2. The number of nitrogens with two attached hydrogens (primary N) is 1. The summed E-state index contributed by atoms with van der Waals surface area (Å²) in [5.74, 6) is 2.48. The molecule has 1 aliphatic carbocycles. The van der Waals surface area contributed by atoms with E-state index in [1.165, 1.54) is 11.1 Å². The zero-order valence-electron chi connectivity index (χ0n) is 21.3. The summed E-state index contributed by atoms with van der Waals surface area (Å²) in [5, 5.41) is 4.69. The Morgan fingerprint density at radius 1 is 1.03 bits per heavy atom. The molecule has 3 N–H and O–H groups in total. The van der Waals surface area contributed by atoms with E-state index in [4.69, 9.17) is 15.7 Å². The molecule has 0 saturated heterocycles. The van der Waals surface area contributed by atoms with Crippen molar-refractivity contribution < 1.29 is 4.79 Å². The molecule has 0 bridgehead atoms. The van der Waals surface area contributed by atoms with Gasteiger partial charge in [-0.1, -0.05) is 12.1 Å². The minimum Gasteiger partial charge on any atom is -0.399 e. The Morgan fingerprint density at radius 3 is 2.38 bits per heavy atom. The van der Waals surface area contributed by atoms with E-state index in [0.717, 1.165) is 65.0 Å². The minimum atomic E-state index is 0.0520. The summed E-state index contributed by atoms with van der Waals surface area (Å²) in [7, 11) is 3.70. The van der Waals surface area contributed by atoms with Gasteiger partial charge >= 0.3 is 0 Å². The van der Waals surface area contributed by atoms with Gasteiger partial charge in [0.2, 0.25) is 5.91 Å². The van der Waals surface area contributed by atoms with Crippen LogP contribution in [-0.4, -0.2) is 34.9 Å². The zero-order chi connectivity index (χ0) is 24.6. The van der Waals surface area contributed by atoms with Crippen molar-refractivity contribution in [3.63, 3.8) is 0 Å². The van der Waals surface area contributed by atoms with Gasteiger partial charge in [-0.25, -0.2) is 9.97 Å². The fourth-order valence-corrected chi connectivity index (χ4v) is 5.31. The number of nitrogens with one attached hydrogen (secondary N) is 1. The molecule has 1 atom stereocenters. The summed E-state index contributed by atoms with van der Waals surface area (Å²) in [4.78, 5) is 23.7. The Labute approximate surface area is 203 Å². The van der Waals surface area contributed by atoms with Crippen molar-refractivity contribution in [2.45, 2.75) is 65.3 Å². The molecule has 34 heavy (non-hydrogen) atoms. The molecule has 2 aromatic carbocycles. The highest BCUT2D eigenvalue weighted by molar-refractivity contribution is 5.92. The second-order valence-electron chi connectivity index (χ2n) is 10.2. The largest absolute Gasteiger partial charge is 0.399 e. The Balaban J connectivity index is 1.64. The fraction of sp³-hybridized carbons (Fsp3) is 0.464. The maximum absolute atomic E-state index is 12.4. The number of amides is 1. The van der Waals surface area contributed by atoms with Crippen molar-refractivity contribution in [1.29, 1.82) is 0 Å². The SMILES string of the molecule is Cc1cc(N)cc([C@@H](C)Nc2nc(C)nc3c(C)cc(C4CCC(C(=O)N(C)C)CC4)cc23)c1. The number of fused-ring (bicyclic) bond motifs is 1. The summed E-state index contributed by atoms with van der Waals surface area (Å²) < 4.78 is 0. The first kappa shape index (κ1) is 24.0. The number of hydrogen-bond donors (Lipinski definition) is 2. The third-order valence-corrected chi connectivity index (χ3v) is 7.09. The first-order valence-electron chi connectivity index (χ1n) is 12.3. The molecule has 1 amide bonds. The molecule has 0 radical (unpaired) electrons. The van der Waals surface area contributed by atoms with Crippen LogP contribution < -0.4 is 11.1 Å². The third-order valence-electron chi connectivity index (χ3n) is 7.09. The van der Waals surface area contributed by atoms with Crippen molar-refractivity contribution in [2.24, 2.45) is 5.92 Å². The van der Waals surface area contributed by atoms with Crippen LogP contribution in [0.3, 0.4) is 0 Å². The van der Waals surface area contributed by atoms with Crippen LogP contribution in [0.5, 0.6) is 0 Å². The molecule has 0 aliphatic heterocycles. The van der Waals surface area contributed by atoms with Gasteiger partial charge in [-0.15, -0.1) is 0 Å². The number of anilines is 2. The first-order valence-corrected chi connectivity index (χ1v) is 12.3. The molecular formula is C28H37N5O. The van der Waals surface area contributed by atoms with E-state index in [2.05, 4.69) is 44.3 Å². The van der Waals surface area contributed by atoms with Crippen LogP contribution in [0.4, 0.5) is 11.5 Å². The number of aryl methyl sites for hydroxylation is 3. The van der Waals surface area contributed by atoms with Crippen LogP contribution >= 0.6 is 0 Å². The van der Waals surface area contributed by atoms with Gasteiger partial charge in [-0.05, 0) is 99.7 Å². The van der Waals surface area contributed by atoms with Gasteiger partial charge in [0.15, 0.2) is 0 Å². The monoisotopic (exact) mass is 459 g/mol. The van der Waals surface area contributed by atoms with E-state index < -0.39 is 0 Å². The molecule has 1 aliphatic rings. The highest BCUT2D eigenvalue weighted by Gasteiger charge is 2.28.